The first-order valence-corrected chi connectivity index (χ1v) is 7.44. The molecule has 0 amide bonds. The number of benzene rings is 2. The van der Waals surface area contributed by atoms with Gasteiger partial charge in [0.25, 0.3) is 0 Å². The first-order chi connectivity index (χ1) is 11.3. The lowest BCUT2D eigenvalue weighted by atomic mass is 9.94. The number of para-hydroxylation sites is 2. The van der Waals surface area contributed by atoms with Crippen molar-refractivity contribution in [3.8, 4) is 23.6 Å². The molecule has 0 saturated heterocycles. The van der Waals surface area contributed by atoms with Crippen molar-refractivity contribution in [3.05, 3.63) is 59.7 Å². The van der Waals surface area contributed by atoms with Crippen LogP contribution in [-0.4, -0.2) is 13.7 Å². The zero-order chi connectivity index (χ0) is 16.5. The van der Waals surface area contributed by atoms with Gasteiger partial charge in [0.15, 0.2) is 11.5 Å². The lowest BCUT2D eigenvalue weighted by molar-refractivity contribution is 0.285. The van der Waals surface area contributed by atoms with E-state index in [1.165, 1.54) is 0 Å². The van der Waals surface area contributed by atoms with Crippen LogP contribution < -0.4 is 9.47 Å². The Labute approximate surface area is 136 Å². The number of methoxy groups -OCH3 is 1. The Morgan fingerprint density at radius 2 is 1.83 bits per heavy atom. The molecule has 1 atom stereocenters. The van der Waals surface area contributed by atoms with E-state index < -0.39 is 0 Å². The molecule has 116 valence electrons. The molecule has 2 rings (SSSR count). The van der Waals surface area contributed by atoms with Gasteiger partial charge in [0.05, 0.1) is 37.3 Å². The molecule has 2 aromatic carbocycles. The SMILES string of the molecule is COc1ccccc1OCCCC(C#N)c1cccc(C#N)c1. The van der Waals surface area contributed by atoms with E-state index >= 15 is 0 Å². The number of nitriles is 2. The van der Waals surface area contributed by atoms with Crippen molar-refractivity contribution in [3.63, 3.8) is 0 Å². The Hall–Kier alpha value is -2.98. The van der Waals surface area contributed by atoms with Gasteiger partial charge in [0.2, 0.25) is 0 Å². The van der Waals surface area contributed by atoms with Crippen LogP contribution in [0.4, 0.5) is 0 Å². The number of hydrogen-bond acceptors (Lipinski definition) is 4. The molecule has 1 unspecified atom stereocenters. The predicted molar refractivity (Wildman–Crippen MR) is 87.2 cm³/mol. The number of hydrogen-bond donors (Lipinski definition) is 0. The molecule has 2 aromatic rings. The molecule has 0 spiro atoms. The first kappa shape index (κ1) is 16.4. The fourth-order valence-corrected chi connectivity index (χ4v) is 2.34. The smallest absolute Gasteiger partial charge is 0.161 e. The fourth-order valence-electron chi connectivity index (χ4n) is 2.34. The van der Waals surface area contributed by atoms with Crippen LogP contribution >= 0.6 is 0 Å². The highest BCUT2D eigenvalue weighted by Gasteiger charge is 2.11. The molecular formula is C19H18N2O2. The van der Waals surface area contributed by atoms with Gasteiger partial charge in [0.1, 0.15) is 0 Å². The van der Waals surface area contributed by atoms with E-state index in [2.05, 4.69) is 12.1 Å². The summed E-state index contributed by atoms with van der Waals surface area (Å²) in [6.45, 7) is 0.510. The lowest BCUT2D eigenvalue weighted by Crippen LogP contribution is -2.03. The van der Waals surface area contributed by atoms with Gasteiger partial charge in [0, 0.05) is 0 Å². The quantitative estimate of drug-likeness (QED) is 0.724. The van der Waals surface area contributed by atoms with Gasteiger partial charge in [-0.15, -0.1) is 0 Å². The third-order valence-corrected chi connectivity index (χ3v) is 3.54. The van der Waals surface area contributed by atoms with Crippen molar-refractivity contribution in [2.45, 2.75) is 18.8 Å². The van der Waals surface area contributed by atoms with Gasteiger partial charge in [-0.1, -0.05) is 24.3 Å². The van der Waals surface area contributed by atoms with E-state index in [1.807, 2.05) is 36.4 Å². The molecule has 0 fully saturated rings. The van der Waals surface area contributed by atoms with Crippen LogP contribution in [0.15, 0.2) is 48.5 Å². The van der Waals surface area contributed by atoms with Crippen LogP contribution in [-0.2, 0) is 0 Å². The van der Waals surface area contributed by atoms with E-state index in [0.717, 1.165) is 12.0 Å². The Bertz CT molecular complexity index is 729. The molecule has 0 aromatic heterocycles. The molecule has 0 bridgehead atoms. The van der Waals surface area contributed by atoms with Crippen molar-refractivity contribution in [2.75, 3.05) is 13.7 Å². The highest BCUT2D eigenvalue weighted by Crippen LogP contribution is 2.27. The standard InChI is InChI=1S/C19H18N2O2/c1-22-18-9-2-3-10-19(18)23-11-5-8-17(14-21)16-7-4-6-15(12-16)13-20/h2-4,6-7,9-10,12,17H,5,8,11H2,1H3. The van der Waals surface area contributed by atoms with Gasteiger partial charge in [-0.25, -0.2) is 0 Å². The zero-order valence-electron chi connectivity index (χ0n) is 13.0. The Morgan fingerprint density at radius 3 is 2.52 bits per heavy atom. The minimum Gasteiger partial charge on any atom is -0.493 e. The number of ether oxygens (including phenoxy) is 2. The molecule has 0 aliphatic heterocycles. The summed E-state index contributed by atoms with van der Waals surface area (Å²) in [5.41, 5.74) is 1.46. The summed E-state index contributed by atoms with van der Waals surface area (Å²) in [6, 6.07) is 19.1. The molecule has 0 heterocycles. The molecular weight excluding hydrogens is 288 g/mol. The molecule has 0 saturated carbocycles. The fraction of sp³-hybridized carbons (Fsp3) is 0.263. The predicted octanol–water partition coefficient (Wildman–Crippen LogP) is 4.03. The minimum absolute atomic E-state index is 0.232. The average molecular weight is 306 g/mol. The van der Waals surface area contributed by atoms with Gasteiger partial charge in [-0.05, 0) is 42.7 Å². The summed E-state index contributed by atoms with van der Waals surface area (Å²) in [5.74, 6) is 1.17. The van der Waals surface area contributed by atoms with Crippen molar-refractivity contribution < 1.29 is 9.47 Å². The highest BCUT2D eigenvalue weighted by molar-refractivity contribution is 5.39. The normalized spacial score (nSPS) is 11.1. The Kier molecular flexibility index (Phi) is 6.03. The van der Waals surface area contributed by atoms with Gasteiger partial charge in [-0.3, -0.25) is 0 Å². The topological polar surface area (TPSA) is 66.0 Å². The molecule has 23 heavy (non-hydrogen) atoms. The van der Waals surface area contributed by atoms with Crippen LogP contribution in [0.25, 0.3) is 0 Å². The van der Waals surface area contributed by atoms with Gasteiger partial charge < -0.3 is 9.47 Å². The first-order valence-electron chi connectivity index (χ1n) is 7.44. The summed E-state index contributed by atoms with van der Waals surface area (Å²) in [5, 5.41) is 18.3. The summed E-state index contributed by atoms with van der Waals surface area (Å²) >= 11 is 0. The lowest BCUT2D eigenvalue weighted by Gasteiger charge is -2.12. The van der Waals surface area contributed by atoms with Crippen LogP contribution in [0.5, 0.6) is 11.5 Å². The van der Waals surface area contributed by atoms with Crippen LogP contribution in [0.1, 0.15) is 29.9 Å². The summed E-state index contributed by atoms with van der Waals surface area (Å²) in [4.78, 5) is 0. The molecule has 0 radical (unpaired) electrons. The van der Waals surface area contributed by atoms with Crippen molar-refractivity contribution in [2.24, 2.45) is 0 Å². The molecule has 0 aliphatic rings. The Balaban J connectivity index is 1.89. The van der Waals surface area contributed by atoms with Crippen LogP contribution in [0.2, 0.25) is 0 Å². The van der Waals surface area contributed by atoms with Gasteiger partial charge >= 0.3 is 0 Å². The number of nitrogens with zero attached hydrogens (tertiary/aromatic N) is 2. The summed E-state index contributed by atoms with van der Waals surface area (Å²) in [7, 11) is 1.61. The van der Waals surface area contributed by atoms with Crippen LogP contribution in [0, 0.1) is 22.7 Å². The van der Waals surface area contributed by atoms with Crippen molar-refractivity contribution in [1.82, 2.24) is 0 Å². The van der Waals surface area contributed by atoms with E-state index in [4.69, 9.17) is 14.7 Å². The van der Waals surface area contributed by atoms with E-state index in [0.29, 0.717) is 30.1 Å². The monoisotopic (exact) mass is 306 g/mol. The van der Waals surface area contributed by atoms with E-state index in [-0.39, 0.29) is 5.92 Å². The van der Waals surface area contributed by atoms with E-state index in [9.17, 15) is 5.26 Å². The third-order valence-electron chi connectivity index (χ3n) is 3.54. The molecule has 4 nitrogen and oxygen atoms in total. The zero-order valence-corrected chi connectivity index (χ0v) is 13.0. The van der Waals surface area contributed by atoms with Crippen molar-refractivity contribution >= 4 is 0 Å². The highest BCUT2D eigenvalue weighted by atomic mass is 16.5. The summed E-state index contributed by atoms with van der Waals surface area (Å²) < 4.78 is 10.9. The molecule has 4 heteroatoms. The van der Waals surface area contributed by atoms with Gasteiger partial charge in [-0.2, -0.15) is 10.5 Å². The molecule has 0 N–H and O–H groups in total. The largest absolute Gasteiger partial charge is 0.493 e. The maximum absolute atomic E-state index is 9.35. The molecule has 0 aliphatic carbocycles. The summed E-state index contributed by atoms with van der Waals surface area (Å²) in [6.07, 6.45) is 1.42. The second kappa shape index (κ2) is 8.46. The maximum Gasteiger partial charge on any atom is 0.161 e. The number of rotatable bonds is 7. The average Bonchev–Trinajstić information content (AvgIpc) is 2.62. The van der Waals surface area contributed by atoms with Crippen LogP contribution in [0.3, 0.4) is 0 Å². The minimum atomic E-state index is -0.232. The Morgan fingerprint density at radius 1 is 1.04 bits per heavy atom. The van der Waals surface area contributed by atoms with Crippen molar-refractivity contribution in [1.29, 1.82) is 10.5 Å². The maximum atomic E-state index is 9.35. The second-order valence-corrected chi connectivity index (χ2v) is 5.06. The second-order valence-electron chi connectivity index (χ2n) is 5.06. The third kappa shape index (κ3) is 4.49. The van der Waals surface area contributed by atoms with E-state index in [1.54, 1.807) is 19.2 Å².